The van der Waals surface area contributed by atoms with Crippen LogP contribution in [0, 0.1) is 0 Å². The van der Waals surface area contributed by atoms with Gasteiger partial charge in [-0.25, -0.2) is 8.42 Å². The van der Waals surface area contributed by atoms with Crippen LogP contribution >= 0.6 is 0 Å². The fourth-order valence-electron chi connectivity index (χ4n) is 3.05. The van der Waals surface area contributed by atoms with Crippen LogP contribution in [0.1, 0.15) is 45.3 Å². The molecule has 1 atom stereocenters. The van der Waals surface area contributed by atoms with Crippen LogP contribution in [-0.2, 0) is 10.0 Å². The van der Waals surface area contributed by atoms with E-state index in [0.29, 0.717) is 18.7 Å². The van der Waals surface area contributed by atoms with Crippen molar-refractivity contribution in [3.05, 3.63) is 47.3 Å². The van der Waals surface area contributed by atoms with Gasteiger partial charge in [-0.2, -0.15) is 9.40 Å². The Balaban J connectivity index is 1.85. The monoisotopic (exact) mass is 377 g/mol. The maximum absolute atomic E-state index is 12.9. The number of hydrogen-bond donors (Lipinski definition) is 3. The molecule has 0 saturated carbocycles. The van der Waals surface area contributed by atoms with E-state index >= 15 is 0 Å². The lowest BCUT2D eigenvalue weighted by molar-refractivity contribution is 0.0989. The topological polar surface area (TPSA) is 152 Å². The van der Waals surface area contributed by atoms with E-state index in [1.807, 2.05) is 0 Å². The second-order valence-electron chi connectivity index (χ2n) is 6.17. The maximum atomic E-state index is 12.9. The number of sulfonamides is 1. The first-order valence-electron chi connectivity index (χ1n) is 8.04. The maximum Gasteiger partial charge on any atom is 0.269 e. The van der Waals surface area contributed by atoms with E-state index in [0.717, 1.165) is 6.42 Å². The lowest BCUT2D eigenvalue weighted by Crippen LogP contribution is -2.39. The molecule has 1 aromatic carbocycles. The zero-order valence-electron chi connectivity index (χ0n) is 13.9. The zero-order valence-corrected chi connectivity index (χ0v) is 14.7. The molecular weight excluding hydrogens is 358 g/mol. The van der Waals surface area contributed by atoms with Crippen LogP contribution in [0.15, 0.2) is 35.2 Å². The Hall–Kier alpha value is -2.72. The molecule has 1 fully saturated rings. The fraction of sp³-hybridized carbons (Fsp3) is 0.312. The molecule has 0 aliphatic carbocycles. The molecule has 1 aliphatic rings. The van der Waals surface area contributed by atoms with Gasteiger partial charge in [0.1, 0.15) is 5.69 Å². The van der Waals surface area contributed by atoms with E-state index in [1.165, 1.54) is 28.6 Å². The smallest absolute Gasteiger partial charge is 0.269 e. The lowest BCUT2D eigenvalue weighted by Gasteiger charge is -2.31. The Bertz CT molecular complexity index is 953. The minimum Gasteiger partial charge on any atom is -0.366 e. The summed E-state index contributed by atoms with van der Waals surface area (Å²) in [5.74, 6) is -1.45. The Morgan fingerprint density at radius 3 is 2.62 bits per heavy atom. The van der Waals surface area contributed by atoms with Crippen molar-refractivity contribution in [2.45, 2.75) is 23.7 Å². The van der Waals surface area contributed by atoms with Crippen molar-refractivity contribution in [3.8, 4) is 0 Å². The standard InChI is InChI=1S/C16H19N5O4S/c17-15(22)10-3-1-5-12(7-10)26(24,25)21-6-2-4-11(9-21)13-8-14(16(18)23)20-19-13/h1,3,5,7-8,11H,2,4,6,9H2,(H2,17,22)(H2,18,23)(H,19,20). The van der Waals surface area contributed by atoms with Crippen LogP contribution in [0.5, 0.6) is 0 Å². The van der Waals surface area contributed by atoms with E-state index in [-0.39, 0.29) is 28.6 Å². The van der Waals surface area contributed by atoms with Gasteiger partial charge < -0.3 is 11.5 Å². The predicted molar refractivity (Wildman–Crippen MR) is 92.8 cm³/mol. The number of rotatable bonds is 5. The first-order chi connectivity index (χ1) is 12.3. The van der Waals surface area contributed by atoms with Gasteiger partial charge in [0.15, 0.2) is 0 Å². The number of primary amides is 2. The lowest BCUT2D eigenvalue weighted by atomic mass is 9.96. The van der Waals surface area contributed by atoms with Crippen LogP contribution in [0.2, 0.25) is 0 Å². The normalized spacial score (nSPS) is 18.5. The fourth-order valence-corrected chi connectivity index (χ4v) is 4.62. The highest BCUT2D eigenvalue weighted by Crippen LogP contribution is 2.29. The molecular formula is C16H19N5O4S. The van der Waals surface area contributed by atoms with Crippen LogP contribution in [0.3, 0.4) is 0 Å². The molecule has 26 heavy (non-hydrogen) atoms. The predicted octanol–water partition coefficient (Wildman–Crippen LogP) is 0.176. The van der Waals surface area contributed by atoms with Gasteiger partial charge in [0, 0.05) is 30.3 Å². The summed E-state index contributed by atoms with van der Waals surface area (Å²) in [5.41, 5.74) is 11.4. The van der Waals surface area contributed by atoms with E-state index in [9.17, 15) is 18.0 Å². The average molecular weight is 377 g/mol. The minimum absolute atomic E-state index is 0.0249. The molecule has 0 radical (unpaired) electrons. The molecule has 1 saturated heterocycles. The average Bonchev–Trinajstić information content (AvgIpc) is 3.12. The van der Waals surface area contributed by atoms with Crippen LogP contribution < -0.4 is 11.5 Å². The molecule has 1 aliphatic heterocycles. The molecule has 1 unspecified atom stereocenters. The molecule has 10 heteroatoms. The summed E-state index contributed by atoms with van der Waals surface area (Å²) in [6, 6.07) is 7.23. The Kier molecular flexibility index (Phi) is 4.79. The number of carbonyl (C=O) groups is 2. The van der Waals surface area contributed by atoms with Crippen molar-refractivity contribution in [2.24, 2.45) is 11.5 Å². The van der Waals surface area contributed by atoms with Crippen molar-refractivity contribution in [1.82, 2.24) is 14.5 Å². The summed E-state index contributed by atoms with van der Waals surface area (Å²) < 4.78 is 27.2. The van der Waals surface area contributed by atoms with Crippen molar-refractivity contribution in [1.29, 1.82) is 0 Å². The summed E-state index contributed by atoms with van der Waals surface area (Å²) in [7, 11) is -3.77. The number of benzene rings is 1. The van der Waals surface area contributed by atoms with Gasteiger partial charge in [-0.05, 0) is 37.1 Å². The van der Waals surface area contributed by atoms with E-state index in [2.05, 4.69) is 10.2 Å². The molecule has 2 amide bonds. The molecule has 138 valence electrons. The van der Waals surface area contributed by atoms with Gasteiger partial charge in [0.25, 0.3) is 5.91 Å². The molecule has 3 rings (SSSR count). The molecule has 0 spiro atoms. The minimum atomic E-state index is -3.77. The van der Waals surface area contributed by atoms with Crippen molar-refractivity contribution < 1.29 is 18.0 Å². The Morgan fingerprint density at radius 1 is 1.19 bits per heavy atom. The van der Waals surface area contributed by atoms with Crippen molar-refractivity contribution in [2.75, 3.05) is 13.1 Å². The highest BCUT2D eigenvalue weighted by molar-refractivity contribution is 7.89. The number of nitrogens with zero attached hydrogens (tertiary/aromatic N) is 2. The number of aromatic nitrogens is 2. The number of hydrogen-bond acceptors (Lipinski definition) is 5. The van der Waals surface area contributed by atoms with Crippen molar-refractivity contribution in [3.63, 3.8) is 0 Å². The van der Waals surface area contributed by atoms with Gasteiger partial charge in [-0.15, -0.1) is 0 Å². The Morgan fingerprint density at radius 2 is 1.96 bits per heavy atom. The third-order valence-electron chi connectivity index (χ3n) is 4.43. The number of nitrogens with one attached hydrogen (secondary N) is 1. The molecule has 1 aromatic heterocycles. The summed E-state index contributed by atoms with van der Waals surface area (Å²) in [6.45, 7) is 0.611. The van der Waals surface area contributed by atoms with Gasteiger partial charge in [0.2, 0.25) is 15.9 Å². The van der Waals surface area contributed by atoms with Crippen LogP contribution in [-0.4, -0.2) is 47.8 Å². The summed E-state index contributed by atoms with van der Waals surface area (Å²) in [4.78, 5) is 22.5. The number of piperidine rings is 1. The molecule has 0 bridgehead atoms. The quantitative estimate of drug-likeness (QED) is 0.678. The van der Waals surface area contributed by atoms with E-state index in [4.69, 9.17) is 11.5 Å². The SMILES string of the molecule is NC(=O)c1cccc(S(=O)(=O)N2CCCC(c3cc(C(N)=O)n[nH]3)C2)c1. The van der Waals surface area contributed by atoms with Gasteiger partial charge in [0.05, 0.1) is 4.90 Å². The molecule has 2 aromatic rings. The van der Waals surface area contributed by atoms with Crippen LogP contribution in [0.25, 0.3) is 0 Å². The molecule has 2 heterocycles. The second-order valence-corrected chi connectivity index (χ2v) is 8.10. The Labute approximate surface area is 150 Å². The highest BCUT2D eigenvalue weighted by Gasteiger charge is 2.32. The van der Waals surface area contributed by atoms with Gasteiger partial charge in [-0.1, -0.05) is 6.07 Å². The van der Waals surface area contributed by atoms with Gasteiger partial charge in [-0.3, -0.25) is 14.7 Å². The highest BCUT2D eigenvalue weighted by atomic mass is 32.2. The zero-order chi connectivity index (χ0) is 18.9. The van der Waals surface area contributed by atoms with E-state index in [1.54, 1.807) is 6.07 Å². The summed E-state index contributed by atoms with van der Waals surface area (Å²) >= 11 is 0. The van der Waals surface area contributed by atoms with Gasteiger partial charge >= 0.3 is 0 Å². The first-order valence-corrected chi connectivity index (χ1v) is 9.48. The molecule has 5 N–H and O–H groups in total. The summed E-state index contributed by atoms with van der Waals surface area (Å²) in [5, 5.41) is 6.61. The third kappa shape index (κ3) is 3.46. The number of H-pyrrole nitrogens is 1. The van der Waals surface area contributed by atoms with Crippen LogP contribution in [0.4, 0.5) is 0 Å². The van der Waals surface area contributed by atoms with Crippen molar-refractivity contribution >= 4 is 21.8 Å². The van der Waals surface area contributed by atoms with E-state index < -0.39 is 21.8 Å². The third-order valence-corrected chi connectivity index (χ3v) is 6.29. The number of carbonyl (C=O) groups excluding carboxylic acids is 2. The first kappa shape index (κ1) is 18.1. The largest absolute Gasteiger partial charge is 0.366 e. The number of aromatic amines is 1. The summed E-state index contributed by atoms with van der Waals surface area (Å²) in [6.07, 6.45) is 1.41. The number of nitrogens with two attached hydrogens (primary N) is 2. The number of amides is 2. The molecule has 9 nitrogen and oxygen atoms in total. The second kappa shape index (κ2) is 6.89.